The summed E-state index contributed by atoms with van der Waals surface area (Å²) in [5.41, 5.74) is -0.204. The van der Waals surface area contributed by atoms with Gasteiger partial charge in [-0.1, -0.05) is 42.6 Å². The lowest BCUT2D eigenvalue weighted by Crippen LogP contribution is -2.07. The zero-order valence-corrected chi connectivity index (χ0v) is 16.2. The number of benzene rings is 1. The zero-order valence-electron chi connectivity index (χ0n) is 13.0. The van der Waals surface area contributed by atoms with Crippen LogP contribution < -0.4 is 0 Å². The van der Waals surface area contributed by atoms with Crippen molar-refractivity contribution in [3.63, 3.8) is 0 Å². The fraction of sp³-hybridized carbons (Fsp3) is 0.231. The van der Waals surface area contributed by atoms with Gasteiger partial charge in [0.1, 0.15) is 16.7 Å². The second-order valence-electron chi connectivity index (χ2n) is 5.33. The van der Waals surface area contributed by atoms with Crippen LogP contribution in [0.4, 0.5) is 19.4 Å². The zero-order chi connectivity index (χ0) is 20.1. The van der Waals surface area contributed by atoms with Gasteiger partial charge in [0.15, 0.2) is 5.69 Å². The molecule has 0 saturated heterocycles. The summed E-state index contributed by atoms with van der Waals surface area (Å²) in [6.45, 7) is 1.55. The molecule has 2 unspecified atom stereocenters. The average Bonchev–Trinajstić information content (AvgIpc) is 2.86. The molecule has 2 atom stereocenters. The minimum absolute atomic E-state index is 0.0547. The fourth-order valence-electron chi connectivity index (χ4n) is 2.05. The van der Waals surface area contributed by atoms with Crippen LogP contribution >= 0.6 is 33.4 Å². The Morgan fingerprint density at radius 3 is 2.12 bits per heavy atom. The monoisotopic (exact) mass is 453 g/mol. The minimum atomic E-state index is -9.97. The molecule has 13 heteroatoms. The van der Waals surface area contributed by atoms with E-state index < -0.39 is 41.2 Å². The topological polar surface area (TPSA) is 58.7 Å². The molecule has 0 fully saturated rings. The Morgan fingerprint density at radius 2 is 1.73 bits per heavy atom. The van der Waals surface area contributed by atoms with Crippen molar-refractivity contribution < 1.29 is 23.6 Å². The largest absolute Gasteiger partial charge is 0.310 e. The summed E-state index contributed by atoms with van der Waals surface area (Å²) in [4.78, 5) is -2.24. The number of nitrogens with zero attached hydrogens (tertiary/aromatic N) is 3. The Labute approximate surface area is 157 Å². The van der Waals surface area contributed by atoms with Crippen LogP contribution in [0.5, 0.6) is 0 Å². The molecule has 0 amide bonds. The summed E-state index contributed by atoms with van der Waals surface area (Å²) in [6, 6.07) is 1.87. The van der Waals surface area contributed by atoms with Gasteiger partial charge in [-0.25, -0.2) is 4.68 Å². The fourth-order valence-corrected chi connectivity index (χ4v) is 4.05. The van der Waals surface area contributed by atoms with Gasteiger partial charge < -0.3 is 0 Å². The molecular formula is C13H10Cl2F5N3OS2. The van der Waals surface area contributed by atoms with E-state index in [1.165, 1.54) is 12.5 Å². The highest BCUT2D eigenvalue weighted by molar-refractivity contribution is 8.45. The number of halogens is 7. The van der Waals surface area contributed by atoms with Gasteiger partial charge in [-0.3, -0.25) is 4.21 Å². The first-order chi connectivity index (χ1) is 11.5. The molecule has 2 aromatic rings. The summed E-state index contributed by atoms with van der Waals surface area (Å²) >= 11 is 11.5. The lowest BCUT2D eigenvalue weighted by atomic mass is 10.2. The van der Waals surface area contributed by atoms with Crippen LogP contribution in [0.1, 0.15) is 23.4 Å². The van der Waals surface area contributed by atoms with Gasteiger partial charge in [0.05, 0.1) is 15.3 Å². The SMILES string of the molecule is CC(c1cn(-c2c(Cl)cc(S(F)(F)(F)(F)F)cc2Cl)nc1C#N)S(C)=O. The normalized spacial score (nSPS) is 17.1. The number of hydrogen-bond acceptors (Lipinski definition) is 3. The van der Waals surface area contributed by atoms with Crippen molar-refractivity contribution in [3.8, 4) is 11.8 Å². The van der Waals surface area contributed by atoms with Crippen molar-refractivity contribution in [3.05, 3.63) is 39.6 Å². The number of aromatic nitrogens is 2. The van der Waals surface area contributed by atoms with Gasteiger partial charge in [-0.2, -0.15) is 10.4 Å². The van der Waals surface area contributed by atoms with E-state index in [4.69, 9.17) is 28.5 Å². The number of hydrogen-bond donors (Lipinski definition) is 0. The Kier molecular flexibility index (Phi) is 4.69. The van der Waals surface area contributed by atoms with E-state index in [2.05, 4.69) is 5.10 Å². The molecule has 144 valence electrons. The van der Waals surface area contributed by atoms with Crippen LogP contribution in [0, 0.1) is 11.3 Å². The minimum Gasteiger partial charge on any atom is -0.259 e. The molecule has 0 saturated carbocycles. The molecule has 1 heterocycles. The molecule has 0 spiro atoms. The van der Waals surface area contributed by atoms with Crippen molar-refractivity contribution in [1.29, 1.82) is 5.26 Å². The second kappa shape index (κ2) is 5.82. The van der Waals surface area contributed by atoms with Gasteiger partial charge in [0.2, 0.25) is 0 Å². The molecule has 2 rings (SSSR count). The smallest absolute Gasteiger partial charge is 0.259 e. The maximum absolute atomic E-state index is 12.9. The first-order valence-electron chi connectivity index (χ1n) is 6.60. The van der Waals surface area contributed by atoms with E-state index in [9.17, 15) is 23.6 Å². The van der Waals surface area contributed by atoms with Crippen molar-refractivity contribution in [1.82, 2.24) is 9.78 Å². The van der Waals surface area contributed by atoms with Crippen LogP contribution in [-0.2, 0) is 10.8 Å². The average molecular weight is 454 g/mol. The summed E-state index contributed by atoms with van der Waals surface area (Å²) in [7, 11) is -11.3. The molecule has 0 aliphatic heterocycles. The van der Waals surface area contributed by atoms with E-state index in [1.807, 2.05) is 0 Å². The first kappa shape index (κ1) is 21.0. The highest BCUT2D eigenvalue weighted by atomic mass is 35.5. The van der Waals surface area contributed by atoms with Gasteiger partial charge >= 0.3 is 10.2 Å². The molecule has 26 heavy (non-hydrogen) atoms. The summed E-state index contributed by atoms with van der Waals surface area (Å²) in [6.07, 6.45) is 2.61. The van der Waals surface area contributed by atoms with E-state index in [-0.39, 0.29) is 29.1 Å². The number of nitriles is 1. The molecular weight excluding hydrogens is 444 g/mol. The third-order valence-corrected chi connectivity index (χ3v) is 6.40. The number of rotatable bonds is 4. The lowest BCUT2D eigenvalue weighted by molar-refractivity contribution is 0.364. The Morgan fingerprint density at radius 1 is 1.23 bits per heavy atom. The second-order valence-corrected chi connectivity index (χ2v) is 10.3. The van der Waals surface area contributed by atoms with Crippen molar-refractivity contribution in [2.24, 2.45) is 0 Å². The Bertz CT molecular complexity index is 946. The summed E-state index contributed by atoms with van der Waals surface area (Å²) in [5, 5.41) is 10.9. The van der Waals surface area contributed by atoms with E-state index >= 15 is 0 Å². The molecule has 1 aromatic heterocycles. The van der Waals surface area contributed by atoms with Crippen LogP contribution in [0.2, 0.25) is 10.0 Å². The van der Waals surface area contributed by atoms with E-state index in [1.54, 1.807) is 13.0 Å². The third kappa shape index (κ3) is 4.14. The Hall–Kier alpha value is -1.35. The third-order valence-electron chi connectivity index (χ3n) is 3.45. The van der Waals surface area contributed by atoms with Crippen molar-refractivity contribution in [2.75, 3.05) is 6.26 Å². The van der Waals surface area contributed by atoms with Crippen LogP contribution in [-0.4, -0.2) is 20.2 Å². The first-order valence-corrected chi connectivity index (χ1v) is 10.9. The molecule has 1 aromatic carbocycles. The quantitative estimate of drug-likeness (QED) is 0.521. The Balaban J connectivity index is 2.69. The van der Waals surface area contributed by atoms with Gasteiger partial charge in [0.25, 0.3) is 0 Å². The van der Waals surface area contributed by atoms with Gasteiger partial charge in [-0.15, -0.1) is 0 Å². The van der Waals surface area contributed by atoms with E-state index in [0.717, 1.165) is 4.68 Å². The van der Waals surface area contributed by atoms with Gasteiger partial charge in [-0.05, 0) is 19.1 Å². The molecule has 0 bridgehead atoms. The maximum atomic E-state index is 12.9. The summed E-state index contributed by atoms with van der Waals surface area (Å²) in [5.74, 6) is 0. The predicted octanol–water partition coefficient (Wildman–Crippen LogP) is 6.15. The van der Waals surface area contributed by atoms with E-state index in [0.29, 0.717) is 0 Å². The highest BCUT2D eigenvalue weighted by Crippen LogP contribution is 3.02. The van der Waals surface area contributed by atoms with Crippen LogP contribution in [0.15, 0.2) is 23.2 Å². The molecule has 4 nitrogen and oxygen atoms in total. The van der Waals surface area contributed by atoms with Crippen LogP contribution in [0.25, 0.3) is 5.69 Å². The van der Waals surface area contributed by atoms with Crippen molar-refractivity contribution >= 4 is 44.2 Å². The molecule has 0 N–H and O–H groups in total. The lowest BCUT2D eigenvalue weighted by Gasteiger charge is -2.40. The molecule has 0 aliphatic rings. The predicted molar refractivity (Wildman–Crippen MR) is 92.2 cm³/mol. The molecule has 0 radical (unpaired) electrons. The molecule has 0 aliphatic carbocycles. The van der Waals surface area contributed by atoms with Gasteiger partial charge in [0, 0.05) is 28.8 Å². The van der Waals surface area contributed by atoms with Crippen molar-refractivity contribution in [2.45, 2.75) is 17.1 Å². The maximum Gasteiger partial charge on any atom is 0.310 e. The summed E-state index contributed by atoms with van der Waals surface area (Å²) < 4.78 is 77.2. The standard InChI is InChI=1S/C13H10Cl2F5N3OS2/c1-7(25(2)24)9-6-23(22-12(9)5-21)13-10(14)3-8(4-11(13)15)26(16,17,18,19)20/h3-4,6-7H,1-2H3. The highest BCUT2D eigenvalue weighted by Gasteiger charge is 2.65. The van der Waals surface area contributed by atoms with Crippen LogP contribution in [0.3, 0.4) is 0 Å².